The summed E-state index contributed by atoms with van der Waals surface area (Å²) in [4.78, 5) is 26.2. The number of rotatable bonds is 7. The van der Waals surface area contributed by atoms with Crippen molar-refractivity contribution in [2.75, 3.05) is 28.4 Å². The number of hydrogen-bond donors (Lipinski definition) is 0. The van der Waals surface area contributed by atoms with Crippen LogP contribution in [0.2, 0.25) is 0 Å². The van der Waals surface area contributed by atoms with E-state index in [9.17, 15) is 9.59 Å². The van der Waals surface area contributed by atoms with E-state index in [1.807, 2.05) is 45.0 Å². The lowest BCUT2D eigenvalue weighted by atomic mass is 9.96. The number of hydrogen-bond acceptors (Lipinski definition) is 7. The van der Waals surface area contributed by atoms with E-state index in [2.05, 4.69) is 0 Å². The lowest BCUT2D eigenvalue weighted by Crippen LogP contribution is -2.13. The van der Waals surface area contributed by atoms with Gasteiger partial charge in [-0.15, -0.1) is 0 Å². The fraction of sp³-hybridized carbons (Fsp3) is 0.355. The van der Waals surface area contributed by atoms with Gasteiger partial charge in [-0.2, -0.15) is 0 Å². The van der Waals surface area contributed by atoms with Gasteiger partial charge in [-0.05, 0) is 72.4 Å². The van der Waals surface area contributed by atoms with Crippen molar-refractivity contribution in [1.29, 1.82) is 0 Å². The Bertz CT molecular complexity index is 1350. The minimum Gasteiger partial charge on any atom is -0.493 e. The average molecular weight is 521 g/mol. The molecule has 202 valence electrons. The molecule has 3 aromatic rings. The molecule has 0 aromatic heterocycles. The van der Waals surface area contributed by atoms with E-state index in [4.69, 9.17) is 23.7 Å². The molecular weight excluding hydrogens is 484 g/mol. The summed E-state index contributed by atoms with van der Waals surface area (Å²) in [6, 6.07) is 14.2. The molecule has 4 rings (SSSR count). The second kappa shape index (κ2) is 13.0. The number of methoxy groups -OCH3 is 4. The molecule has 3 aromatic carbocycles. The molecule has 0 heterocycles. The summed E-state index contributed by atoms with van der Waals surface area (Å²) in [7, 11) is 6.12. The van der Waals surface area contributed by atoms with E-state index in [1.54, 1.807) is 39.5 Å². The smallest absolute Gasteiger partial charge is 0.338 e. The van der Waals surface area contributed by atoms with Crippen molar-refractivity contribution in [3.63, 3.8) is 0 Å². The van der Waals surface area contributed by atoms with Crippen molar-refractivity contribution in [3.8, 4) is 34.1 Å². The zero-order valence-electron chi connectivity index (χ0n) is 23.2. The summed E-state index contributed by atoms with van der Waals surface area (Å²) in [5.74, 6) is 1.19. The lowest BCUT2D eigenvalue weighted by Gasteiger charge is -2.19. The molecule has 0 amide bonds. The third kappa shape index (κ3) is 5.62. The Morgan fingerprint density at radius 1 is 0.868 bits per heavy atom. The molecule has 0 N–H and O–H groups in total. The Balaban J connectivity index is 0.00000195. The van der Waals surface area contributed by atoms with Crippen molar-refractivity contribution < 1.29 is 28.5 Å². The van der Waals surface area contributed by atoms with Crippen LogP contribution in [0.1, 0.15) is 60.3 Å². The van der Waals surface area contributed by atoms with Gasteiger partial charge < -0.3 is 23.7 Å². The highest BCUT2D eigenvalue weighted by Crippen LogP contribution is 2.50. The van der Waals surface area contributed by atoms with Gasteiger partial charge in [-0.25, -0.2) is 4.79 Å². The van der Waals surface area contributed by atoms with Crippen LogP contribution in [0.4, 0.5) is 0 Å². The summed E-state index contributed by atoms with van der Waals surface area (Å²) < 4.78 is 28.3. The van der Waals surface area contributed by atoms with Crippen LogP contribution in [-0.4, -0.2) is 34.4 Å². The maximum atomic E-state index is 13.2. The summed E-state index contributed by atoms with van der Waals surface area (Å²) in [5.41, 5.74) is 4.16. The van der Waals surface area contributed by atoms with Gasteiger partial charge in [-0.3, -0.25) is 4.79 Å². The standard InChI is InChI=1S/C29H30O7.C2H6/c1-6-17-8-7-9-19(14-17)29(31)36-23-12-10-18-15-25(33-3)27(34-4)28(35-5)26(18)20-11-13-24(32-2)22(30)16-21(20)23;1-2/h7-9,11,13-16,23H,6,10,12H2,1-5H3;1-2H3. The van der Waals surface area contributed by atoms with Gasteiger partial charge in [0.1, 0.15) is 6.10 Å². The third-order valence-corrected chi connectivity index (χ3v) is 6.49. The van der Waals surface area contributed by atoms with E-state index in [0.717, 1.165) is 23.1 Å². The summed E-state index contributed by atoms with van der Waals surface area (Å²) in [6.07, 6.45) is 1.16. The highest BCUT2D eigenvalue weighted by molar-refractivity contribution is 5.90. The van der Waals surface area contributed by atoms with Crippen molar-refractivity contribution >= 4 is 5.97 Å². The molecule has 0 aliphatic heterocycles. The topological polar surface area (TPSA) is 80.3 Å². The molecule has 0 saturated carbocycles. The predicted molar refractivity (Wildman–Crippen MR) is 148 cm³/mol. The largest absolute Gasteiger partial charge is 0.493 e. The fourth-order valence-electron chi connectivity index (χ4n) is 4.67. The molecule has 0 fully saturated rings. The van der Waals surface area contributed by atoms with Gasteiger partial charge in [-0.1, -0.05) is 32.9 Å². The molecule has 1 aliphatic rings. The summed E-state index contributed by atoms with van der Waals surface area (Å²) in [5, 5.41) is 0. The van der Waals surface area contributed by atoms with Gasteiger partial charge in [0.25, 0.3) is 0 Å². The van der Waals surface area contributed by atoms with E-state index in [-0.39, 0.29) is 11.2 Å². The molecular formula is C31H36O7. The fourth-order valence-corrected chi connectivity index (χ4v) is 4.67. The predicted octanol–water partition coefficient (Wildman–Crippen LogP) is 6.18. The first kappa shape index (κ1) is 28.6. The Labute approximate surface area is 224 Å². The SMILES string of the molecule is CC.CCc1cccc(C(=O)OC2CCc3cc(OC)c(OC)c(OC)c3-c3ccc(OC)c(=O)cc32)c1. The molecule has 0 radical (unpaired) electrons. The maximum Gasteiger partial charge on any atom is 0.338 e. The van der Waals surface area contributed by atoms with Crippen LogP contribution in [0.15, 0.2) is 53.3 Å². The van der Waals surface area contributed by atoms with E-state index >= 15 is 0 Å². The van der Waals surface area contributed by atoms with Crippen LogP contribution in [0, 0.1) is 0 Å². The van der Waals surface area contributed by atoms with Crippen molar-refractivity contribution in [3.05, 3.63) is 81.0 Å². The van der Waals surface area contributed by atoms with Gasteiger partial charge in [0.05, 0.1) is 34.0 Å². The van der Waals surface area contributed by atoms with Crippen LogP contribution >= 0.6 is 0 Å². The van der Waals surface area contributed by atoms with Crippen molar-refractivity contribution in [1.82, 2.24) is 0 Å². The Morgan fingerprint density at radius 3 is 2.21 bits per heavy atom. The number of esters is 1. The molecule has 7 nitrogen and oxygen atoms in total. The van der Waals surface area contributed by atoms with Crippen LogP contribution in [0.25, 0.3) is 11.1 Å². The number of carbonyl (C=O) groups is 1. The number of fused-ring (bicyclic) bond motifs is 3. The van der Waals surface area contributed by atoms with Crippen LogP contribution in [-0.2, 0) is 17.6 Å². The zero-order chi connectivity index (χ0) is 27.8. The van der Waals surface area contributed by atoms with Gasteiger partial charge >= 0.3 is 5.97 Å². The number of ether oxygens (including phenoxy) is 5. The van der Waals surface area contributed by atoms with Crippen molar-refractivity contribution in [2.24, 2.45) is 0 Å². The normalized spacial score (nSPS) is 13.5. The highest BCUT2D eigenvalue weighted by atomic mass is 16.5. The molecule has 0 bridgehead atoms. The second-order valence-corrected chi connectivity index (χ2v) is 8.45. The molecule has 7 heteroatoms. The molecule has 38 heavy (non-hydrogen) atoms. The van der Waals surface area contributed by atoms with Crippen LogP contribution < -0.4 is 24.4 Å². The van der Waals surface area contributed by atoms with Gasteiger partial charge in [0.15, 0.2) is 17.2 Å². The quantitative estimate of drug-likeness (QED) is 0.344. The molecule has 0 saturated heterocycles. The van der Waals surface area contributed by atoms with E-state index < -0.39 is 12.1 Å². The van der Waals surface area contributed by atoms with E-state index in [1.165, 1.54) is 13.2 Å². The van der Waals surface area contributed by atoms with Crippen molar-refractivity contribution in [2.45, 2.75) is 46.1 Å². The van der Waals surface area contributed by atoms with Gasteiger partial charge in [0.2, 0.25) is 11.2 Å². The molecule has 1 aliphatic carbocycles. The first-order valence-electron chi connectivity index (χ1n) is 12.8. The molecule has 1 unspecified atom stereocenters. The Kier molecular flexibility index (Phi) is 9.77. The summed E-state index contributed by atoms with van der Waals surface area (Å²) >= 11 is 0. The zero-order valence-corrected chi connectivity index (χ0v) is 23.2. The monoisotopic (exact) mass is 520 g/mol. The van der Waals surface area contributed by atoms with E-state index in [0.29, 0.717) is 46.8 Å². The summed E-state index contributed by atoms with van der Waals surface area (Å²) in [6.45, 7) is 6.03. The Morgan fingerprint density at radius 2 is 1.58 bits per heavy atom. The second-order valence-electron chi connectivity index (χ2n) is 8.45. The van der Waals surface area contributed by atoms with Gasteiger partial charge in [0, 0.05) is 11.1 Å². The molecule has 0 spiro atoms. The number of carbonyl (C=O) groups excluding carboxylic acids is 1. The highest BCUT2D eigenvalue weighted by Gasteiger charge is 2.31. The first-order chi connectivity index (χ1) is 18.4. The minimum atomic E-state index is -0.670. The molecule has 1 atom stereocenters. The Hall–Kier alpha value is -4.00. The number of benzene rings is 2. The first-order valence-corrected chi connectivity index (χ1v) is 12.8. The minimum absolute atomic E-state index is 0.185. The average Bonchev–Trinajstić information content (AvgIpc) is 3.21. The third-order valence-electron chi connectivity index (χ3n) is 6.49. The maximum absolute atomic E-state index is 13.2. The lowest BCUT2D eigenvalue weighted by molar-refractivity contribution is 0.0280. The number of aryl methyl sites for hydroxylation is 2. The van der Waals surface area contributed by atoms with Crippen LogP contribution in [0.5, 0.6) is 23.0 Å². The van der Waals surface area contributed by atoms with Crippen LogP contribution in [0.3, 0.4) is 0 Å².